The van der Waals surface area contributed by atoms with Gasteiger partial charge in [-0.3, -0.25) is 4.90 Å². The summed E-state index contributed by atoms with van der Waals surface area (Å²) in [5, 5.41) is 20.0. The average molecular weight is 303 g/mol. The van der Waals surface area contributed by atoms with Gasteiger partial charge in [-0.2, -0.15) is 0 Å². The maximum absolute atomic E-state index is 11.8. The summed E-state index contributed by atoms with van der Waals surface area (Å²) in [6.45, 7) is 4.42. The first-order valence-electron chi connectivity index (χ1n) is 7.67. The lowest BCUT2D eigenvalue weighted by Gasteiger charge is -2.31. The fraction of sp³-hybridized carbons (Fsp3) is 0.471. The number of hydrogen-bond acceptors (Lipinski definition) is 5. The van der Waals surface area contributed by atoms with Crippen LogP contribution in [0.4, 0.5) is 0 Å². The van der Waals surface area contributed by atoms with Crippen LogP contribution >= 0.6 is 0 Å². The molecule has 0 spiro atoms. The summed E-state index contributed by atoms with van der Waals surface area (Å²) in [7, 11) is 0. The number of aromatic hydroxyl groups is 1. The molecule has 2 aromatic rings. The van der Waals surface area contributed by atoms with E-state index >= 15 is 0 Å². The molecule has 22 heavy (non-hydrogen) atoms. The van der Waals surface area contributed by atoms with Crippen LogP contribution in [-0.4, -0.2) is 34.8 Å². The monoisotopic (exact) mass is 303 g/mol. The number of aryl methyl sites for hydroxylation is 1. The van der Waals surface area contributed by atoms with Gasteiger partial charge in [-0.05, 0) is 49.9 Å². The summed E-state index contributed by atoms with van der Waals surface area (Å²) in [5.74, 6) is 0.442. The van der Waals surface area contributed by atoms with Crippen LogP contribution in [0.5, 0.6) is 5.75 Å². The fourth-order valence-electron chi connectivity index (χ4n) is 3.23. The quantitative estimate of drug-likeness (QED) is 0.849. The van der Waals surface area contributed by atoms with Gasteiger partial charge in [-0.1, -0.05) is 0 Å². The van der Waals surface area contributed by atoms with E-state index in [0.29, 0.717) is 23.6 Å². The molecular weight excluding hydrogens is 282 g/mol. The third kappa shape index (κ3) is 2.87. The van der Waals surface area contributed by atoms with E-state index in [1.54, 1.807) is 19.1 Å². The Labute approximate surface area is 128 Å². The zero-order chi connectivity index (χ0) is 15.7. The lowest BCUT2D eigenvalue weighted by atomic mass is 9.98. The van der Waals surface area contributed by atoms with Crippen molar-refractivity contribution in [3.63, 3.8) is 0 Å². The van der Waals surface area contributed by atoms with E-state index in [9.17, 15) is 15.0 Å². The molecule has 1 fully saturated rings. The molecule has 1 aliphatic rings. The molecule has 2 heterocycles. The Hall–Kier alpha value is -1.85. The Morgan fingerprint density at radius 1 is 1.41 bits per heavy atom. The van der Waals surface area contributed by atoms with Crippen LogP contribution < -0.4 is 5.63 Å². The maximum atomic E-state index is 11.8. The van der Waals surface area contributed by atoms with E-state index in [2.05, 4.69) is 4.90 Å². The Morgan fingerprint density at radius 3 is 3.00 bits per heavy atom. The van der Waals surface area contributed by atoms with Gasteiger partial charge in [0.15, 0.2) is 0 Å². The molecule has 118 valence electrons. The fourth-order valence-corrected chi connectivity index (χ4v) is 3.23. The van der Waals surface area contributed by atoms with Crippen molar-refractivity contribution in [1.29, 1.82) is 0 Å². The van der Waals surface area contributed by atoms with Crippen molar-refractivity contribution in [3.8, 4) is 5.75 Å². The first-order chi connectivity index (χ1) is 10.6. The second-order valence-corrected chi connectivity index (χ2v) is 6.10. The molecule has 3 rings (SSSR count). The molecule has 0 amide bonds. The van der Waals surface area contributed by atoms with E-state index in [1.165, 1.54) is 6.07 Å². The van der Waals surface area contributed by atoms with Crippen molar-refractivity contribution in [1.82, 2.24) is 4.90 Å². The number of phenolic OH excluding ortho intramolecular Hbond substituents is 1. The second kappa shape index (κ2) is 6.10. The number of likely N-dealkylation sites (tertiary alicyclic amines) is 1. The number of aliphatic hydroxyl groups is 1. The van der Waals surface area contributed by atoms with E-state index < -0.39 is 5.63 Å². The normalized spacial score (nSPS) is 19.6. The molecule has 1 saturated heterocycles. The Morgan fingerprint density at radius 2 is 2.23 bits per heavy atom. The summed E-state index contributed by atoms with van der Waals surface area (Å²) >= 11 is 0. The van der Waals surface area contributed by atoms with Gasteiger partial charge in [-0.15, -0.1) is 0 Å². The number of nitrogens with zero attached hydrogens (tertiary/aromatic N) is 1. The molecule has 1 aromatic carbocycles. The molecule has 1 aliphatic heterocycles. The molecule has 1 unspecified atom stereocenters. The Balaban J connectivity index is 1.97. The van der Waals surface area contributed by atoms with Gasteiger partial charge in [0, 0.05) is 36.7 Å². The van der Waals surface area contributed by atoms with Crippen molar-refractivity contribution in [2.24, 2.45) is 5.92 Å². The van der Waals surface area contributed by atoms with Gasteiger partial charge in [0.2, 0.25) is 0 Å². The van der Waals surface area contributed by atoms with Gasteiger partial charge >= 0.3 is 5.63 Å². The number of hydrogen-bond donors (Lipinski definition) is 2. The molecule has 0 aliphatic carbocycles. The van der Waals surface area contributed by atoms with E-state index in [1.807, 2.05) is 0 Å². The molecule has 5 nitrogen and oxygen atoms in total. The third-order valence-corrected chi connectivity index (χ3v) is 4.47. The van der Waals surface area contributed by atoms with Gasteiger partial charge in [-0.25, -0.2) is 4.79 Å². The van der Waals surface area contributed by atoms with Crippen LogP contribution in [0.3, 0.4) is 0 Å². The number of phenols is 1. The number of rotatable bonds is 3. The Kier molecular flexibility index (Phi) is 4.18. The molecule has 5 heteroatoms. The largest absolute Gasteiger partial charge is 0.508 e. The third-order valence-electron chi connectivity index (χ3n) is 4.47. The van der Waals surface area contributed by atoms with Crippen LogP contribution in [0.15, 0.2) is 27.4 Å². The van der Waals surface area contributed by atoms with Gasteiger partial charge in [0.05, 0.1) is 0 Å². The predicted octanol–water partition coefficient (Wildman–Crippen LogP) is 2.01. The first-order valence-corrected chi connectivity index (χ1v) is 7.67. The summed E-state index contributed by atoms with van der Waals surface area (Å²) in [6, 6.07) is 4.96. The standard InChI is InChI=1S/C17H21NO4/c1-11-15(20)5-4-14-13(7-16(21)22-17(11)14)9-18-6-2-3-12(8-18)10-19/h4-5,7,12,19-20H,2-3,6,8-10H2,1H3. The number of benzene rings is 1. The van der Waals surface area contributed by atoms with E-state index in [0.717, 1.165) is 36.9 Å². The van der Waals surface area contributed by atoms with Gasteiger partial charge < -0.3 is 14.6 Å². The lowest BCUT2D eigenvalue weighted by molar-refractivity contribution is 0.116. The highest BCUT2D eigenvalue weighted by Crippen LogP contribution is 2.28. The van der Waals surface area contributed by atoms with Crippen LogP contribution in [0.25, 0.3) is 11.0 Å². The summed E-state index contributed by atoms with van der Waals surface area (Å²) < 4.78 is 5.27. The minimum atomic E-state index is -0.396. The van der Waals surface area contributed by atoms with Gasteiger partial charge in [0.1, 0.15) is 11.3 Å². The van der Waals surface area contributed by atoms with Crippen LogP contribution in [0.2, 0.25) is 0 Å². The molecule has 1 atom stereocenters. The number of fused-ring (bicyclic) bond motifs is 1. The van der Waals surface area contributed by atoms with Crippen molar-refractivity contribution in [2.75, 3.05) is 19.7 Å². The maximum Gasteiger partial charge on any atom is 0.336 e. The SMILES string of the molecule is Cc1c(O)ccc2c(CN3CCCC(CO)C3)cc(=O)oc12. The predicted molar refractivity (Wildman–Crippen MR) is 84.0 cm³/mol. The Bertz CT molecular complexity index is 737. The highest BCUT2D eigenvalue weighted by atomic mass is 16.4. The zero-order valence-corrected chi connectivity index (χ0v) is 12.7. The summed E-state index contributed by atoms with van der Waals surface area (Å²) in [4.78, 5) is 14.1. The molecule has 0 saturated carbocycles. The van der Waals surface area contributed by atoms with Crippen LogP contribution in [0.1, 0.15) is 24.0 Å². The first kappa shape index (κ1) is 15.1. The van der Waals surface area contributed by atoms with Crippen molar-refractivity contribution >= 4 is 11.0 Å². The smallest absolute Gasteiger partial charge is 0.336 e. The zero-order valence-electron chi connectivity index (χ0n) is 12.7. The van der Waals surface area contributed by atoms with Crippen molar-refractivity contribution in [2.45, 2.75) is 26.3 Å². The highest BCUT2D eigenvalue weighted by Gasteiger charge is 2.20. The minimum Gasteiger partial charge on any atom is -0.508 e. The van der Waals surface area contributed by atoms with Gasteiger partial charge in [0.25, 0.3) is 0 Å². The topological polar surface area (TPSA) is 73.9 Å². The molecule has 1 aromatic heterocycles. The molecular formula is C17H21NO4. The van der Waals surface area contributed by atoms with Crippen LogP contribution in [0, 0.1) is 12.8 Å². The van der Waals surface area contributed by atoms with E-state index in [-0.39, 0.29) is 12.4 Å². The van der Waals surface area contributed by atoms with Crippen molar-refractivity contribution in [3.05, 3.63) is 39.7 Å². The molecule has 0 bridgehead atoms. The minimum absolute atomic E-state index is 0.131. The highest BCUT2D eigenvalue weighted by molar-refractivity contribution is 5.84. The summed E-state index contributed by atoms with van der Waals surface area (Å²) in [5.41, 5.74) is 1.56. The number of piperidine rings is 1. The summed E-state index contributed by atoms with van der Waals surface area (Å²) in [6.07, 6.45) is 2.11. The molecule has 0 radical (unpaired) electrons. The molecule has 2 N–H and O–H groups in total. The van der Waals surface area contributed by atoms with E-state index in [4.69, 9.17) is 4.42 Å². The van der Waals surface area contributed by atoms with Crippen molar-refractivity contribution < 1.29 is 14.6 Å². The average Bonchev–Trinajstić information content (AvgIpc) is 2.51. The number of aliphatic hydroxyl groups excluding tert-OH is 1. The lowest BCUT2D eigenvalue weighted by Crippen LogP contribution is -2.36. The van der Waals surface area contributed by atoms with Crippen LogP contribution in [-0.2, 0) is 6.54 Å². The second-order valence-electron chi connectivity index (χ2n) is 6.10.